The molecule has 1 unspecified atom stereocenters. The zero-order valence-corrected chi connectivity index (χ0v) is 11.7. The fourth-order valence-electron chi connectivity index (χ4n) is 1.49. The van der Waals surface area contributed by atoms with Gasteiger partial charge in [-0.15, -0.1) is 5.10 Å². The van der Waals surface area contributed by atoms with Crippen LogP contribution in [0.1, 0.15) is 33.6 Å². The highest BCUT2D eigenvalue weighted by Crippen LogP contribution is 2.22. The highest BCUT2D eigenvalue weighted by molar-refractivity contribution is 7.99. The Morgan fingerprint density at radius 1 is 1.56 bits per heavy atom. The van der Waals surface area contributed by atoms with Gasteiger partial charge in [0, 0.05) is 11.8 Å². The number of carbonyl (C=O) groups is 1. The average molecular weight is 273 g/mol. The molecule has 0 aliphatic carbocycles. The Morgan fingerprint density at radius 2 is 2.28 bits per heavy atom. The van der Waals surface area contributed by atoms with Gasteiger partial charge in [-0.05, 0) is 13.3 Å². The largest absolute Gasteiger partial charge is 0.466 e. The molecule has 6 nitrogen and oxygen atoms in total. The molecule has 0 radical (unpaired) electrons. The molecule has 1 aromatic rings. The van der Waals surface area contributed by atoms with Gasteiger partial charge in [-0.25, -0.2) is 9.89 Å². The highest BCUT2D eigenvalue weighted by Gasteiger charge is 2.15. The Kier molecular flexibility index (Phi) is 5.97. The molecule has 1 N–H and O–H groups in total. The van der Waals surface area contributed by atoms with Crippen molar-refractivity contribution in [3.63, 3.8) is 0 Å². The van der Waals surface area contributed by atoms with Gasteiger partial charge in [-0.2, -0.15) is 0 Å². The van der Waals surface area contributed by atoms with E-state index in [1.165, 1.54) is 11.8 Å². The van der Waals surface area contributed by atoms with Crippen LogP contribution in [0.2, 0.25) is 0 Å². The summed E-state index contributed by atoms with van der Waals surface area (Å²) < 4.78 is 6.47. The molecule has 0 saturated heterocycles. The summed E-state index contributed by atoms with van der Waals surface area (Å²) in [6, 6.07) is 0. The van der Waals surface area contributed by atoms with Crippen LogP contribution in [0.3, 0.4) is 0 Å². The molecule has 1 atom stereocenters. The van der Waals surface area contributed by atoms with Crippen LogP contribution in [0.15, 0.2) is 9.95 Å². The predicted molar refractivity (Wildman–Crippen MR) is 69.7 cm³/mol. The van der Waals surface area contributed by atoms with Gasteiger partial charge in [0.1, 0.15) is 0 Å². The minimum absolute atomic E-state index is 0.0230. The fourth-order valence-corrected chi connectivity index (χ4v) is 2.47. The van der Waals surface area contributed by atoms with Gasteiger partial charge >= 0.3 is 11.7 Å². The van der Waals surface area contributed by atoms with Gasteiger partial charge in [0.2, 0.25) is 0 Å². The normalized spacial score (nSPS) is 12.4. The average Bonchev–Trinajstić information content (AvgIpc) is 2.62. The molecule has 1 rings (SSSR count). The molecule has 18 heavy (non-hydrogen) atoms. The van der Waals surface area contributed by atoms with Gasteiger partial charge < -0.3 is 4.74 Å². The lowest BCUT2D eigenvalue weighted by atomic mass is 10.3. The summed E-state index contributed by atoms with van der Waals surface area (Å²) in [6.45, 7) is 6.71. The van der Waals surface area contributed by atoms with E-state index in [1.807, 2.05) is 13.8 Å². The summed E-state index contributed by atoms with van der Waals surface area (Å²) >= 11 is 1.40. The second-order valence-corrected chi connectivity index (χ2v) is 5.31. The molecule has 1 aromatic heterocycles. The second-order valence-electron chi connectivity index (χ2n) is 3.90. The smallest absolute Gasteiger partial charge is 0.343 e. The molecule has 0 amide bonds. The number of aromatic nitrogens is 3. The van der Waals surface area contributed by atoms with Crippen molar-refractivity contribution in [1.29, 1.82) is 0 Å². The van der Waals surface area contributed by atoms with Crippen molar-refractivity contribution in [2.24, 2.45) is 0 Å². The first-order valence-corrected chi connectivity index (χ1v) is 6.93. The van der Waals surface area contributed by atoms with Crippen molar-refractivity contribution in [2.75, 3.05) is 6.61 Å². The summed E-state index contributed by atoms with van der Waals surface area (Å²) in [5.74, 6) is -0.225. The minimum atomic E-state index is -0.225. The van der Waals surface area contributed by atoms with Crippen LogP contribution in [0, 0.1) is 0 Å². The molecule has 0 aliphatic heterocycles. The van der Waals surface area contributed by atoms with E-state index >= 15 is 0 Å². The van der Waals surface area contributed by atoms with E-state index in [0.717, 1.165) is 6.42 Å². The number of aromatic amines is 1. The molecule has 0 spiro atoms. The molecule has 0 fully saturated rings. The van der Waals surface area contributed by atoms with Crippen molar-refractivity contribution in [1.82, 2.24) is 14.8 Å². The van der Waals surface area contributed by atoms with Crippen LogP contribution in [0.5, 0.6) is 0 Å². The number of hydrogen-bond acceptors (Lipinski definition) is 5. The van der Waals surface area contributed by atoms with E-state index < -0.39 is 0 Å². The highest BCUT2D eigenvalue weighted by atomic mass is 32.2. The summed E-state index contributed by atoms with van der Waals surface area (Å²) in [5, 5.41) is 7.04. The number of hydrogen-bond donors (Lipinski definition) is 1. The Balaban J connectivity index is 2.61. The minimum Gasteiger partial charge on any atom is -0.466 e. The van der Waals surface area contributed by atoms with Gasteiger partial charge in [0.05, 0.1) is 13.0 Å². The van der Waals surface area contributed by atoms with Crippen molar-refractivity contribution >= 4 is 17.7 Å². The predicted octanol–water partition coefficient (Wildman–Crippen LogP) is 1.42. The lowest BCUT2D eigenvalue weighted by Gasteiger charge is -2.10. The molecule has 0 aromatic carbocycles. The maximum Gasteiger partial charge on any atom is 0.343 e. The summed E-state index contributed by atoms with van der Waals surface area (Å²) in [5.41, 5.74) is -0.206. The molecule has 0 saturated carbocycles. The van der Waals surface area contributed by atoms with Gasteiger partial charge in [-0.3, -0.25) is 9.36 Å². The van der Waals surface area contributed by atoms with Gasteiger partial charge in [-0.1, -0.05) is 25.6 Å². The van der Waals surface area contributed by atoms with Crippen LogP contribution in [-0.2, 0) is 16.1 Å². The van der Waals surface area contributed by atoms with E-state index in [2.05, 4.69) is 10.2 Å². The Morgan fingerprint density at radius 3 is 2.89 bits per heavy atom. The van der Waals surface area contributed by atoms with Gasteiger partial charge in [0.15, 0.2) is 5.16 Å². The lowest BCUT2D eigenvalue weighted by molar-refractivity contribution is -0.142. The molecule has 102 valence electrons. The molecule has 0 aliphatic rings. The number of H-pyrrole nitrogens is 1. The summed E-state index contributed by atoms with van der Waals surface area (Å²) in [7, 11) is 0. The maximum atomic E-state index is 11.5. The number of ether oxygens (including phenoxy) is 1. The standard InChI is InChI=1S/C11H19N3O3S/c1-4-6-14-10(16)12-13-11(14)18-8(3)7-9(15)17-5-2/h8H,4-7H2,1-3H3,(H,12,16). The van der Waals surface area contributed by atoms with Crippen molar-refractivity contribution in [2.45, 2.75) is 50.6 Å². The Hall–Kier alpha value is -1.24. The summed E-state index contributed by atoms with van der Waals surface area (Å²) in [4.78, 5) is 22.8. The van der Waals surface area contributed by atoms with Crippen LogP contribution >= 0.6 is 11.8 Å². The third kappa shape index (κ3) is 4.21. The first-order chi connectivity index (χ1) is 8.58. The molecule has 0 bridgehead atoms. The van der Waals surface area contributed by atoms with Crippen molar-refractivity contribution < 1.29 is 9.53 Å². The Bertz CT molecular complexity index is 441. The van der Waals surface area contributed by atoms with E-state index in [0.29, 0.717) is 24.7 Å². The second kappa shape index (κ2) is 7.25. The van der Waals surface area contributed by atoms with E-state index in [-0.39, 0.29) is 16.9 Å². The van der Waals surface area contributed by atoms with Gasteiger partial charge in [0.25, 0.3) is 0 Å². The number of rotatable bonds is 7. The zero-order valence-electron chi connectivity index (χ0n) is 10.9. The van der Waals surface area contributed by atoms with Crippen LogP contribution in [-0.4, -0.2) is 32.6 Å². The number of nitrogens with one attached hydrogen (secondary N) is 1. The lowest BCUT2D eigenvalue weighted by Crippen LogP contribution is -2.18. The van der Waals surface area contributed by atoms with Crippen molar-refractivity contribution in [3.8, 4) is 0 Å². The quantitative estimate of drug-likeness (QED) is 0.600. The third-order valence-electron chi connectivity index (χ3n) is 2.24. The number of nitrogens with zero attached hydrogens (tertiary/aromatic N) is 2. The monoisotopic (exact) mass is 273 g/mol. The van der Waals surface area contributed by atoms with Crippen molar-refractivity contribution in [3.05, 3.63) is 10.5 Å². The maximum absolute atomic E-state index is 11.5. The van der Waals surface area contributed by atoms with E-state index in [4.69, 9.17) is 4.74 Å². The Labute approximate surface area is 110 Å². The third-order valence-corrected chi connectivity index (χ3v) is 3.33. The van der Waals surface area contributed by atoms with E-state index in [1.54, 1.807) is 11.5 Å². The fraction of sp³-hybridized carbons (Fsp3) is 0.727. The number of thioether (sulfide) groups is 1. The topological polar surface area (TPSA) is 77.0 Å². The molecule has 7 heteroatoms. The van der Waals surface area contributed by atoms with Crippen LogP contribution < -0.4 is 5.69 Å². The first kappa shape index (κ1) is 14.8. The van der Waals surface area contributed by atoms with Crippen LogP contribution in [0.25, 0.3) is 0 Å². The SMILES string of the molecule is CCCn1c(SC(C)CC(=O)OCC)n[nH]c1=O. The van der Waals surface area contributed by atoms with Crippen LogP contribution in [0.4, 0.5) is 0 Å². The number of carbonyl (C=O) groups excluding carboxylic acids is 1. The first-order valence-electron chi connectivity index (χ1n) is 6.05. The number of esters is 1. The van der Waals surface area contributed by atoms with E-state index in [9.17, 15) is 9.59 Å². The molecular formula is C11H19N3O3S. The molecular weight excluding hydrogens is 254 g/mol. The zero-order chi connectivity index (χ0) is 13.5. The summed E-state index contributed by atoms with van der Waals surface area (Å²) in [6.07, 6.45) is 1.17. The molecule has 1 heterocycles.